The molecular formula is C14H17F3N4O2. The van der Waals surface area contributed by atoms with E-state index in [1.165, 1.54) is 12.1 Å². The normalized spacial score (nSPS) is 31.8. The number of carbonyl (C=O) groups is 1. The van der Waals surface area contributed by atoms with Crippen LogP contribution in [0.5, 0.6) is 0 Å². The van der Waals surface area contributed by atoms with Gasteiger partial charge in [-0.2, -0.15) is 13.2 Å². The summed E-state index contributed by atoms with van der Waals surface area (Å²) in [6.45, 7) is 2.14. The Hall–Kier alpha value is -1.68. The highest BCUT2D eigenvalue weighted by Crippen LogP contribution is 2.30. The number of hydrogen-bond donors (Lipinski definition) is 4. The van der Waals surface area contributed by atoms with Gasteiger partial charge in [-0.3, -0.25) is 10.1 Å². The summed E-state index contributed by atoms with van der Waals surface area (Å²) >= 11 is 0. The average Bonchev–Trinajstić information content (AvgIpc) is 2.74. The van der Waals surface area contributed by atoms with Gasteiger partial charge in [0.15, 0.2) is 6.35 Å². The molecule has 9 heteroatoms. The van der Waals surface area contributed by atoms with Crippen molar-refractivity contribution in [1.82, 2.24) is 21.1 Å². The van der Waals surface area contributed by atoms with Crippen LogP contribution in [-0.4, -0.2) is 34.6 Å². The van der Waals surface area contributed by atoms with Gasteiger partial charge in [-0.25, -0.2) is 10.4 Å². The predicted octanol–water partition coefficient (Wildman–Crippen LogP) is 0.352. The van der Waals surface area contributed by atoms with Crippen LogP contribution in [0.2, 0.25) is 0 Å². The molecule has 23 heavy (non-hydrogen) atoms. The highest BCUT2D eigenvalue weighted by atomic mass is 19.4. The molecule has 2 fully saturated rings. The first-order chi connectivity index (χ1) is 10.8. The molecule has 126 valence electrons. The number of hydrogen-bond acceptors (Lipinski definition) is 5. The van der Waals surface area contributed by atoms with Crippen LogP contribution in [0.3, 0.4) is 0 Å². The molecule has 0 aliphatic carbocycles. The summed E-state index contributed by atoms with van der Waals surface area (Å²) in [6.07, 6.45) is -5.95. The minimum Gasteiger partial charge on any atom is -0.361 e. The van der Waals surface area contributed by atoms with Crippen LogP contribution < -0.4 is 16.1 Å². The summed E-state index contributed by atoms with van der Waals surface area (Å²) in [7, 11) is 0. The predicted molar refractivity (Wildman–Crippen MR) is 74.1 cm³/mol. The van der Waals surface area contributed by atoms with E-state index in [9.17, 15) is 23.1 Å². The second-order valence-corrected chi connectivity index (χ2v) is 5.79. The highest BCUT2D eigenvalue weighted by molar-refractivity contribution is 5.81. The zero-order valence-corrected chi connectivity index (χ0v) is 12.3. The van der Waals surface area contributed by atoms with Gasteiger partial charge in [-0.05, 0) is 24.6 Å². The average molecular weight is 330 g/mol. The van der Waals surface area contributed by atoms with Gasteiger partial charge in [0, 0.05) is 12.6 Å². The first-order valence-corrected chi connectivity index (χ1v) is 7.19. The van der Waals surface area contributed by atoms with Crippen LogP contribution in [0.25, 0.3) is 0 Å². The quantitative estimate of drug-likeness (QED) is 0.630. The Morgan fingerprint density at radius 3 is 2.52 bits per heavy atom. The van der Waals surface area contributed by atoms with Crippen LogP contribution in [-0.2, 0) is 17.5 Å². The molecule has 2 heterocycles. The molecule has 1 aromatic rings. The third-order valence-corrected chi connectivity index (χ3v) is 4.13. The Morgan fingerprint density at radius 1 is 1.26 bits per heavy atom. The van der Waals surface area contributed by atoms with Crippen molar-refractivity contribution in [3.63, 3.8) is 0 Å². The van der Waals surface area contributed by atoms with Crippen LogP contribution in [0, 0.1) is 5.92 Å². The van der Waals surface area contributed by atoms with Gasteiger partial charge < -0.3 is 10.4 Å². The third kappa shape index (κ3) is 3.18. The van der Waals surface area contributed by atoms with Crippen molar-refractivity contribution < 1.29 is 23.1 Å². The Kier molecular flexibility index (Phi) is 4.05. The molecule has 6 nitrogen and oxygen atoms in total. The van der Waals surface area contributed by atoms with Gasteiger partial charge in [0.1, 0.15) is 0 Å². The molecule has 4 N–H and O–H groups in total. The molecule has 0 radical (unpaired) electrons. The fraction of sp³-hybridized carbons (Fsp3) is 0.500. The summed E-state index contributed by atoms with van der Waals surface area (Å²) in [6, 6.07) is 4.71. The molecule has 0 bridgehead atoms. The van der Waals surface area contributed by atoms with Crippen molar-refractivity contribution in [3.8, 4) is 0 Å². The Balaban J connectivity index is 1.74. The van der Waals surface area contributed by atoms with E-state index >= 15 is 0 Å². The van der Waals surface area contributed by atoms with Crippen molar-refractivity contribution in [2.45, 2.75) is 38.2 Å². The van der Waals surface area contributed by atoms with E-state index in [2.05, 4.69) is 16.1 Å². The number of rotatable bonds is 2. The van der Waals surface area contributed by atoms with E-state index in [1.807, 2.05) is 6.92 Å². The lowest BCUT2D eigenvalue weighted by Crippen LogP contribution is -2.64. The fourth-order valence-electron chi connectivity index (χ4n) is 3.03. The molecule has 2 saturated heterocycles. The molecule has 2 aliphatic heterocycles. The van der Waals surface area contributed by atoms with Crippen LogP contribution in [0.15, 0.2) is 24.3 Å². The van der Waals surface area contributed by atoms with Crippen molar-refractivity contribution >= 4 is 5.91 Å². The number of hydrazine groups is 1. The Labute approximate surface area is 130 Å². The van der Waals surface area contributed by atoms with E-state index < -0.39 is 30.2 Å². The van der Waals surface area contributed by atoms with Gasteiger partial charge in [0.2, 0.25) is 5.91 Å². The van der Waals surface area contributed by atoms with Crippen LogP contribution >= 0.6 is 0 Å². The number of nitrogens with one attached hydrogen (secondary N) is 3. The van der Waals surface area contributed by atoms with E-state index in [4.69, 9.17) is 0 Å². The molecule has 3 rings (SSSR count). The topological polar surface area (TPSA) is 76.6 Å². The molecule has 0 saturated carbocycles. The lowest BCUT2D eigenvalue weighted by Gasteiger charge is -2.34. The van der Waals surface area contributed by atoms with Gasteiger partial charge >= 0.3 is 6.18 Å². The maximum Gasteiger partial charge on any atom is 0.416 e. The number of amides is 1. The number of alkyl halides is 3. The Morgan fingerprint density at radius 2 is 1.91 bits per heavy atom. The maximum absolute atomic E-state index is 12.6. The Bertz CT molecular complexity index is 593. The first kappa shape index (κ1) is 16.2. The second kappa shape index (κ2) is 5.75. The number of benzene rings is 1. The summed E-state index contributed by atoms with van der Waals surface area (Å²) in [5.74, 6) is -0.663. The number of nitrogens with zero attached hydrogens (tertiary/aromatic N) is 1. The van der Waals surface area contributed by atoms with Crippen molar-refractivity contribution in [2.24, 2.45) is 5.92 Å². The number of halogens is 3. The van der Waals surface area contributed by atoms with E-state index in [0.717, 1.165) is 12.1 Å². The standard InChI is InChI=1S/C14H17F3N4O2/c1-7-10-11(18-13(23)19-12(10)22)21(20-7)6-8-2-4-9(5-3-8)14(15,16)17/h2-5,7,10-11,13,18,20,23H,6H2,1H3,(H,19,22). The second-order valence-electron chi connectivity index (χ2n) is 5.79. The molecule has 1 aromatic carbocycles. The SMILES string of the molecule is CC1NN(Cc2ccc(C(F)(F)F)cc2)C2NC(O)NC(=O)C12. The van der Waals surface area contributed by atoms with Gasteiger partial charge in [0.05, 0.1) is 17.6 Å². The fourth-order valence-corrected chi connectivity index (χ4v) is 3.03. The van der Waals surface area contributed by atoms with Gasteiger partial charge in [0.25, 0.3) is 0 Å². The first-order valence-electron chi connectivity index (χ1n) is 7.19. The zero-order valence-electron chi connectivity index (χ0n) is 12.3. The minimum absolute atomic E-state index is 0.158. The molecule has 4 atom stereocenters. The largest absolute Gasteiger partial charge is 0.416 e. The van der Waals surface area contributed by atoms with E-state index in [0.29, 0.717) is 12.1 Å². The summed E-state index contributed by atoms with van der Waals surface area (Å²) in [5, 5.41) is 16.6. The lowest BCUT2D eigenvalue weighted by atomic mass is 9.97. The van der Waals surface area contributed by atoms with Crippen LogP contribution in [0.1, 0.15) is 18.1 Å². The van der Waals surface area contributed by atoms with Crippen molar-refractivity contribution in [3.05, 3.63) is 35.4 Å². The lowest BCUT2D eigenvalue weighted by molar-refractivity contribution is -0.138. The van der Waals surface area contributed by atoms with Gasteiger partial charge in [-0.15, -0.1) is 0 Å². The van der Waals surface area contributed by atoms with Crippen molar-refractivity contribution in [2.75, 3.05) is 0 Å². The smallest absolute Gasteiger partial charge is 0.361 e. The molecule has 2 aliphatic rings. The molecule has 0 aromatic heterocycles. The molecule has 0 spiro atoms. The van der Waals surface area contributed by atoms with Crippen molar-refractivity contribution in [1.29, 1.82) is 0 Å². The molecule has 1 amide bonds. The number of aliphatic hydroxyl groups is 1. The third-order valence-electron chi connectivity index (χ3n) is 4.13. The molecule has 4 unspecified atom stereocenters. The summed E-state index contributed by atoms with van der Waals surface area (Å²) in [4.78, 5) is 11.9. The molecular weight excluding hydrogens is 313 g/mol. The summed E-state index contributed by atoms with van der Waals surface area (Å²) < 4.78 is 37.7. The zero-order chi connectivity index (χ0) is 16.8. The van der Waals surface area contributed by atoms with E-state index in [1.54, 1.807) is 5.01 Å². The number of fused-ring (bicyclic) bond motifs is 1. The summed E-state index contributed by atoms with van der Waals surface area (Å²) in [5.41, 5.74) is 3.08. The van der Waals surface area contributed by atoms with E-state index in [-0.39, 0.29) is 11.9 Å². The number of aliphatic hydroxyl groups excluding tert-OH is 1. The van der Waals surface area contributed by atoms with Crippen LogP contribution in [0.4, 0.5) is 13.2 Å². The monoisotopic (exact) mass is 330 g/mol. The maximum atomic E-state index is 12.6. The number of carbonyl (C=O) groups excluding carboxylic acids is 1. The van der Waals surface area contributed by atoms with Gasteiger partial charge in [-0.1, -0.05) is 12.1 Å². The highest BCUT2D eigenvalue weighted by Gasteiger charge is 2.47. The minimum atomic E-state index is -4.36.